The maximum Gasteiger partial charge on any atom is 0.237 e. The van der Waals surface area contributed by atoms with E-state index in [1.807, 2.05) is 11.8 Å². The van der Waals surface area contributed by atoms with Gasteiger partial charge in [0.1, 0.15) is 0 Å². The lowest BCUT2D eigenvalue weighted by molar-refractivity contribution is -0.138. The fourth-order valence-electron chi connectivity index (χ4n) is 2.05. The van der Waals surface area contributed by atoms with Crippen molar-refractivity contribution in [3.05, 3.63) is 0 Å². The molecule has 2 rings (SSSR count). The fraction of sp³-hybridized carbons (Fsp3) is 0.900. The van der Waals surface area contributed by atoms with Crippen molar-refractivity contribution in [2.24, 2.45) is 5.73 Å². The van der Waals surface area contributed by atoms with Crippen LogP contribution in [-0.2, 0) is 4.79 Å². The van der Waals surface area contributed by atoms with E-state index in [2.05, 4.69) is 4.90 Å². The van der Waals surface area contributed by atoms with Crippen LogP contribution in [0.1, 0.15) is 19.8 Å². The fourth-order valence-corrected chi connectivity index (χ4v) is 2.05. The van der Waals surface area contributed by atoms with Crippen LogP contribution in [0, 0.1) is 0 Å². The summed E-state index contributed by atoms with van der Waals surface area (Å²) in [5.41, 5.74) is 5.56. The highest BCUT2D eigenvalue weighted by Crippen LogP contribution is 2.27. The van der Waals surface area contributed by atoms with Gasteiger partial charge in [0.25, 0.3) is 0 Å². The highest BCUT2D eigenvalue weighted by Gasteiger charge is 2.35. The maximum absolute atomic E-state index is 11.8. The molecular weight excluding hydrogens is 178 g/mol. The minimum Gasteiger partial charge on any atom is -0.336 e. The molecule has 2 fully saturated rings. The molecule has 1 amide bonds. The molecule has 1 unspecified atom stereocenters. The van der Waals surface area contributed by atoms with Crippen molar-refractivity contribution in [1.29, 1.82) is 0 Å². The summed E-state index contributed by atoms with van der Waals surface area (Å²) >= 11 is 0. The third-order valence-electron chi connectivity index (χ3n) is 3.22. The minimum absolute atomic E-state index is 0.198. The van der Waals surface area contributed by atoms with Gasteiger partial charge >= 0.3 is 0 Å². The van der Waals surface area contributed by atoms with Crippen LogP contribution >= 0.6 is 0 Å². The molecule has 1 saturated heterocycles. The Morgan fingerprint density at radius 3 is 2.71 bits per heavy atom. The average Bonchev–Trinajstić information content (AvgIpc) is 3.00. The lowest BCUT2D eigenvalue weighted by Crippen LogP contribution is -2.55. The molecule has 4 nitrogen and oxygen atoms in total. The van der Waals surface area contributed by atoms with Crippen LogP contribution < -0.4 is 5.73 Å². The molecule has 1 aliphatic heterocycles. The van der Waals surface area contributed by atoms with Gasteiger partial charge in [0, 0.05) is 31.7 Å². The van der Waals surface area contributed by atoms with E-state index in [1.54, 1.807) is 0 Å². The van der Waals surface area contributed by atoms with Gasteiger partial charge in [-0.3, -0.25) is 9.69 Å². The molecule has 1 saturated carbocycles. The Bertz CT molecular complexity index is 227. The first kappa shape index (κ1) is 9.93. The van der Waals surface area contributed by atoms with Crippen LogP contribution in [0.25, 0.3) is 0 Å². The zero-order valence-corrected chi connectivity index (χ0v) is 8.78. The molecule has 1 aliphatic carbocycles. The molecule has 1 atom stereocenters. The van der Waals surface area contributed by atoms with Gasteiger partial charge in [-0.05, 0) is 19.8 Å². The van der Waals surface area contributed by atoms with Crippen molar-refractivity contribution in [1.82, 2.24) is 9.80 Å². The van der Waals surface area contributed by atoms with Gasteiger partial charge in [-0.2, -0.15) is 0 Å². The predicted molar refractivity (Wildman–Crippen MR) is 54.8 cm³/mol. The highest BCUT2D eigenvalue weighted by atomic mass is 16.2. The molecule has 0 bridgehead atoms. The highest BCUT2D eigenvalue weighted by molar-refractivity contribution is 5.79. The van der Waals surface area contributed by atoms with E-state index in [4.69, 9.17) is 5.73 Å². The molecule has 0 aromatic carbocycles. The first-order valence-electron chi connectivity index (χ1n) is 5.46. The zero-order valence-electron chi connectivity index (χ0n) is 8.78. The number of nitrogens with two attached hydrogens (primary N) is 1. The van der Waals surface area contributed by atoms with Crippen LogP contribution in [0.3, 0.4) is 0 Å². The van der Waals surface area contributed by atoms with E-state index in [9.17, 15) is 4.79 Å². The van der Waals surface area contributed by atoms with E-state index >= 15 is 0 Å². The molecule has 2 aliphatic rings. The van der Waals surface area contributed by atoms with Crippen LogP contribution in [0.15, 0.2) is 0 Å². The molecule has 2 N–H and O–H groups in total. The van der Waals surface area contributed by atoms with Gasteiger partial charge in [-0.1, -0.05) is 0 Å². The SMILES string of the molecule is CC(CN)N1CCN(C2CC2)CC1=O. The molecular formula is C10H19N3O. The smallest absolute Gasteiger partial charge is 0.237 e. The minimum atomic E-state index is 0.198. The number of amides is 1. The number of hydrogen-bond acceptors (Lipinski definition) is 3. The Morgan fingerprint density at radius 1 is 1.50 bits per heavy atom. The topological polar surface area (TPSA) is 49.6 Å². The summed E-state index contributed by atoms with van der Waals surface area (Å²) in [6.07, 6.45) is 2.56. The maximum atomic E-state index is 11.8. The Morgan fingerprint density at radius 2 is 2.21 bits per heavy atom. The molecule has 1 heterocycles. The standard InChI is InChI=1S/C10H19N3O/c1-8(6-11)13-5-4-12(7-10(13)14)9-2-3-9/h8-9H,2-7,11H2,1H3. The van der Waals surface area contributed by atoms with Gasteiger partial charge in [-0.15, -0.1) is 0 Å². The van der Waals surface area contributed by atoms with Crippen LogP contribution in [-0.4, -0.2) is 54.0 Å². The van der Waals surface area contributed by atoms with Crippen molar-refractivity contribution in [2.75, 3.05) is 26.2 Å². The number of carbonyl (C=O) groups is 1. The summed E-state index contributed by atoms with van der Waals surface area (Å²) in [6.45, 7) is 5.07. The summed E-state index contributed by atoms with van der Waals surface area (Å²) in [5.74, 6) is 0.251. The molecule has 0 aromatic heterocycles. The molecule has 0 spiro atoms. The van der Waals surface area contributed by atoms with Gasteiger partial charge in [0.05, 0.1) is 6.54 Å². The third kappa shape index (κ3) is 1.91. The molecule has 14 heavy (non-hydrogen) atoms. The van der Waals surface area contributed by atoms with Crippen molar-refractivity contribution < 1.29 is 4.79 Å². The summed E-state index contributed by atoms with van der Waals surface area (Å²) in [7, 11) is 0. The van der Waals surface area contributed by atoms with E-state index in [0.717, 1.165) is 13.1 Å². The number of piperazine rings is 1. The zero-order chi connectivity index (χ0) is 10.1. The quantitative estimate of drug-likeness (QED) is 0.672. The van der Waals surface area contributed by atoms with Crippen molar-refractivity contribution in [3.63, 3.8) is 0 Å². The largest absolute Gasteiger partial charge is 0.336 e. The van der Waals surface area contributed by atoms with Gasteiger partial charge in [0.2, 0.25) is 5.91 Å². The Balaban J connectivity index is 1.89. The summed E-state index contributed by atoms with van der Waals surface area (Å²) in [5, 5.41) is 0. The second-order valence-electron chi connectivity index (χ2n) is 4.37. The predicted octanol–water partition coefficient (Wildman–Crippen LogP) is -0.360. The Kier molecular flexibility index (Phi) is 2.74. The monoisotopic (exact) mass is 197 g/mol. The van der Waals surface area contributed by atoms with Gasteiger partial charge in [-0.25, -0.2) is 0 Å². The number of carbonyl (C=O) groups excluding carboxylic acids is 1. The average molecular weight is 197 g/mol. The summed E-state index contributed by atoms with van der Waals surface area (Å²) in [4.78, 5) is 16.0. The van der Waals surface area contributed by atoms with Crippen LogP contribution in [0.4, 0.5) is 0 Å². The Hall–Kier alpha value is -0.610. The number of hydrogen-bond donors (Lipinski definition) is 1. The van der Waals surface area contributed by atoms with E-state index in [0.29, 0.717) is 19.1 Å². The van der Waals surface area contributed by atoms with Crippen LogP contribution in [0.2, 0.25) is 0 Å². The van der Waals surface area contributed by atoms with E-state index in [-0.39, 0.29) is 11.9 Å². The lowest BCUT2D eigenvalue weighted by atomic mass is 10.2. The number of rotatable bonds is 3. The molecule has 80 valence electrons. The normalized spacial score (nSPS) is 26.7. The van der Waals surface area contributed by atoms with Crippen molar-refractivity contribution >= 4 is 5.91 Å². The molecule has 0 aromatic rings. The number of nitrogens with zero attached hydrogens (tertiary/aromatic N) is 2. The third-order valence-corrected chi connectivity index (χ3v) is 3.22. The van der Waals surface area contributed by atoms with Gasteiger partial charge < -0.3 is 10.6 Å². The summed E-state index contributed by atoms with van der Waals surface area (Å²) < 4.78 is 0. The lowest BCUT2D eigenvalue weighted by Gasteiger charge is -2.37. The molecule has 0 radical (unpaired) electrons. The van der Waals surface area contributed by atoms with Gasteiger partial charge in [0.15, 0.2) is 0 Å². The summed E-state index contributed by atoms with van der Waals surface area (Å²) in [6, 6.07) is 0.901. The first-order valence-corrected chi connectivity index (χ1v) is 5.46. The first-order chi connectivity index (χ1) is 6.72. The van der Waals surface area contributed by atoms with Crippen LogP contribution in [0.5, 0.6) is 0 Å². The van der Waals surface area contributed by atoms with Crippen molar-refractivity contribution in [3.8, 4) is 0 Å². The molecule has 4 heteroatoms. The second kappa shape index (κ2) is 3.87. The van der Waals surface area contributed by atoms with E-state index in [1.165, 1.54) is 12.8 Å². The van der Waals surface area contributed by atoms with Crippen molar-refractivity contribution in [2.45, 2.75) is 31.8 Å². The Labute approximate surface area is 85.0 Å². The van der Waals surface area contributed by atoms with E-state index < -0.39 is 0 Å². The second-order valence-corrected chi connectivity index (χ2v) is 4.37.